The lowest BCUT2D eigenvalue weighted by molar-refractivity contribution is -0.116. The lowest BCUT2D eigenvalue weighted by Gasteiger charge is -2.13. The van der Waals surface area contributed by atoms with Crippen LogP contribution in [0.3, 0.4) is 0 Å². The molecule has 1 aromatic rings. The van der Waals surface area contributed by atoms with E-state index < -0.39 is 5.97 Å². The molecular formula is C15H22N2O3. The summed E-state index contributed by atoms with van der Waals surface area (Å²) in [4.78, 5) is 22.8. The summed E-state index contributed by atoms with van der Waals surface area (Å²) < 4.78 is 0. The van der Waals surface area contributed by atoms with Crippen molar-refractivity contribution in [3.8, 4) is 0 Å². The molecule has 5 nitrogen and oxygen atoms in total. The van der Waals surface area contributed by atoms with E-state index in [-0.39, 0.29) is 17.5 Å². The Hall–Kier alpha value is -2.04. The topological polar surface area (TPSA) is 78.4 Å². The lowest BCUT2D eigenvalue weighted by atomic mass is 10.1. The Bertz CT molecular complexity index is 484. The third-order valence-electron chi connectivity index (χ3n) is 2.68. The van der Waals surface area contributed by atoms with E-state index in [1.165, 1.54) is 6.07 Å². The van der Waals surface area contributed by atoms with Crippen LogP contribution in [-0.2, 0) is 4.79 Å². The highest BCUT2D eigenvalue weighted by molar-refractivity contribution is 5.95. The van der Waals surface area contributed by atoms with Crippen molar-refractivity contribution in [1.29, 1.82) is 0 Å². The van der Waals surface area contributed by atoms with E-state index in [2.05, 4.69) is 10.6 Å². The van der Waals surface area contributed by atoms with Gasteiger partial charge in [0.2, 0.25) is 5.91 Å². The lowest BCUT2D eigenvalue weighted by Crippen LogP contribution is -2.14. The fraction of sp³-hybridized carbons (Fsp3) is 0.467. The zero-order valence-electron chi connectivity index (χ0n) is 12.2. The number of carbonyl (C=O) groups excluding carboxylic acids is 1. The maximum atomic E-state index is 11.7. The largest absolute Gasteiger partial charge is 0.478 e. The highest BCUT2D eigenvalue weighted by Crippen LogP contribution is 2.20. The van der Waals surface area contributed by atoms with Crippen LogP contribution in [0.4, 0.5) is 11.4 Å². The van der Waals surface area contributed by atoms with Gasteiger partial charge >= 0.3 is 5.97 Å². The smallest absolute Gasteiger partial charge is 0.335 e. The third kappa shape index (κ3) is 5.30. The molecule has 0 aliphatic rings. The molecule has 0 heterocycles. The van der Waals surface area contributed by atoms with Crippen LogP contribution in [0, 0.1) is 0 Å². The maximum absolute atomic E-state index is 11.7. The van der Waals surface area contributed by atoms with E-state index in [0.717, 1.165) is 12.8 Å². The average molecular weight is 278 g/mol. The van der Waals surface area contributed by atoms with Crippen LogP contribution in [-0.4, -0.2) is 23.0 Å². The third-order valence-corrected chi connectivity index (χ3v) is 2.68. The molecule has 0 aromatic heterocycles. The molecule has 20 heavy (non-hydrogen) atoms. The number of amides is 1. The molecule has 0 aliphatic carbocycles. The first-order valence-corrected chi connectivity index (χ1v) is 6.87. The Morgan fingerprint density at radius 3 is 2.40 bits per heavy atom. The molecule has 0 atom stereocenters. The van der Waals surface area contributed by atoms with Crippen molar-refractivity contribution in [2.45, 2.75) is 46.1 Å². The molecule has 110 valence electrons. The highest BCUT2D eigenvalue weighted by Gasteiger charge is 2.09. The van der Waals surface area contributed by atoms with E-state index in [1.807, 2.05) is 20.8 Å². The van der Waals surface area contributed by atoms with Crippen molar-refractivity contribution < 1.29 is 14.7 Å². The average Bonchev–Trinajstić information content (AvgIpc) is 2.35. The van der Waals surface area contributed by atoms with E-state index in [1.54, 1.807) is 12.1 Å². The summed E-state index contributed by atoms with van der Waals surface area (Å²) in [5.41, 5.74) is 1.35. The van der Waals surface area contributed by atoms with E-state index in [0.29, 0.717) is 17.8 Å². The molecule has 1 rings (SSSR count). The summed E-state index contributed by atoms with van der Waals surface area (Å²) in [6.07, 6.45) is 2.21. The number of carboxylic acid groups (broad SMARTS) is 1. The predicted octanol–water partition coefficient (Wildman–Crippen LogP) is 3.33. The van der Waals surface area contributed by atoms with Gasteiger partial charge in [-0.25, -0.2) is 4.79 Å². The monoisotopic (exact) mass is 278 g/mol. The Kier molecular flexibility index (Phi) is 6.03. The first kappa shape index (κ1) is 16.0. The van der Waals surface area contributed by atoms with E-state index in [9.17, 15) is 9.59 Å². The molecule has 0 fully saturated rings. The Balaban J connectivity index is 2.91. The number of benzene rings is 1. The summed E-state index contributed by atoms with van der Waals surface area (Å²) in [5.74, 6) is -1.11. The van der Waals surface area contributed by atoms with Crippen molar-refractivity contribution in [2.75, 3.05) is 10.6 Å². The molecular weight excluding hydrogens is 256 g/mol. The second-order valence-corrected chi connectivity index (χ2v) is 5.05. The fourth-order valence-electron chi connectivity index (χ4n) is 1.80. The quantitative estimate of drug-likeness (QED) is 0.714. The Morgan fingerprint density at radius 1 is 1.20 bits per heavy atom. The van der Waals surface area contributed by atoms with Gasteiger partial charge < -0.3 is 15.7 Å². The molecule has 0 aliphatic heterocycles. The van der Waals surface area contributed by atoms with Gasteiger partial charge in [-0.15, -0.1) is 0 Å². The summed E-state index contributed by atoms with van der Waals surface area (Å²) in [6, 6.07) is 4.96. The van der Waals surface area contributed by atoms with Crippen molar-refractivity contribution in [3.63, 3.8) is 0 Å². The molecule has 0 saturated carbocycles. The minimum Gasteiger partial charge on any atom is -0.478 e. The van der Waals surface area contributed by atoms with Crippen LogP contribution in [0.2, 0.25) is 0 Å². The molecule has 1 aromatic carbocycles. The number of anilines is 2. The van der Waals surface area contributed by atoms with Gasteiger partial charge in [0.15, 0.2) is 0 Å². The van der Waals surface area contributed by atoms with Crippen LogP contribution in [0.5, 0.6) is 0 Å². The Labute approximate surface area is 119 Å². The molecule has 0 saturated heterocycles. The minimum absolute atomic E-state index is 0.0927. The zero-order chi connectivity index (χ0) is 15.1. The fourth-order valence-corrected chi connectivity index (χ4v) is 1.80. The van der Waals surface area contributed by atoms with Crippen molar-refractivity contribution >= 4 is 23.3 Å². The van der Waals surface area contributed by atoms with Gasteiger partial charge in [0, 0.05) is 23.8 Å². The SMILES string of the molecule is CCCCC(=O)Nc1cc(NC(C)C)cc(C(=O)O)c1. The molecule has 0 spiro atoms. The number of carboxylic acids is 1. The molecule has 0 radical (unpaired) electrons. The zero-order valence-corrected chi connectivity index (χ0v) is 12.2. The van der Waals surface area contributed by atoms with Gasteiger partial charge in [-0.05, 0) is 38.5 Å². The van der Waals surface area contributed by atoms with E-state index in [4.69, 9.17) is 5.11 Å². The van der Waals surface area contributed by atoms with Gasteiger partial charge in [-0.1, -0.05) is 13.3 Å². The van der Waals surface area contributed by atoms with Gasteiger partial charge in [0.1, 0.15) is 0 Å². The van der Waals surface area contributed by atoms with Gasteiger partial charge in [0.25, 0.3) is 0 Å². The van der Waals surface area contributed by atoms with Crippen molar-refractivity contribution in [2.24, 2.45) is 0 Å². The standard InChI is InChI=1S/C15H22N2O3/c1-4-5-6-14(18)17-13-8-11(15(19)20)7-12(9-13)16-10(2)3/h7-10,16H,4-6H2,1-3H3,(H,17,18)(H,19,20). The van der Waals surface area contributed by atoms with Gasteiger partial charge in [-0.3, -0.25) is 4.79 Å². The molecule has 0 unspecified atom stereocenters. The predicted molar refractivity (Wildman–Crippen MR) is 80.3 cm³/mol. The first-order valence-electron chi connectivity index (χ1n) is 6.87. The van der Waals surface area contributed by atoms with Gasteiger partial charge in [-0.2, -0.15) is 0 Å². The molecule has 3 N–H and O–H groups in total. The normalized spacial score (nSPS) is 10.4. The second-order valence-electron chi connectivity index (χ2n) is 5.05. The number of nitrogens with one attached hydrogen (secondary N) is 2. The number of hydrogen-bond acceptors (Lipinski definition) is 3. The molecule has 0 bridgehead atoms. The van der Waals surface area contributed by atoms with Crippen LogP contribution in [0.25, 0.3) is 0 Å². The molecule has 5 heteroatoms. The maximum Gasteiger partial charge on any atom is 0.335 e. The summed E-state index contributed by atoms with van der Waals surface area (Å²) in [5, 5.41) is 15.0. The van der Waals surface area contributed by atoms with Gasteiger partial charge in [0.05, 0.1) is 5.56 Å². The van der Waals surface area contributed by atoms with Crippen molar-refractivity contribution in [3.05, 3.63) is 23.8 Å². The van der Waals surface area contributed by atoms with Crippen LogP contribution < -0.4 is 10.6 Å². The summed E-state index contributed by atoms with van der Waals surface area (Å²) in [7, 11) is 0. The summed E-state index contributed by atoms with van der Waals surface area (Å²) >= 11 is 0. The van der Waals surface area contributed by atoms with Crippen LogP contribution >= 0.6 is 0 Å². The number of carbonyl (C=O) groups is 2. The summed E-state index contributed by atoms with van der Waals surface area (Å²) in [6.45, 7) is 5.95. The number of unbranched alkanes of at least 4 members (excludes halogenated alkanes) is 1. The minimum atomic E-state index is -1.01. The second kappa shape index (κ2) is 7.53. The van der Waals surface area contributed by atoms with Crippen LogP contribution in [0.1, 0.15) is 50.4 Å². The Morgan fingerprint density at radius 2 is 1.85 bits per heavy atom. The number of rotatable bonds is 7. The molecule has 1 amide bonds. The number of hydrogen-bond donors (Lipinski definition) is 3. The van der Waals surface area contributed by atoms with Crippen molar-refractivity contribution in [1.82, 2.24) is 0 Å². The van der Waals surface area contributed by atoms with Crippen LogP contribution in [0.15, 0.2) is 18.2 Å². The number of aromatic carboxylic acids is 1. The first-order chi connectivity index (χ1) is 9.42. The van der Waals surface area contributed by atoms with E-state index >= 15 is 0 Å². The highest BCUT2D eigenvalue weighted by atomic mass is 16.4.